The average molecular weight is 395 g/mol. The van der Waals surface area contributed by atoms with Crippen molar-refractivity contribution in [1.82, 2.24) is 0 Å². The van der Waals surface area contributed by atoms with Crippen LogP contribution in [-0.2, 0) is 35.2 Å². The van der Waals surface area contributed by atoms with Crippen molar-refractivity contribution in [3.05, 3.63) is 0 Å². The molecule has 0 fully saturated rings. The molecule has 0 aromatic carbocycles. The Labute approximate surface area is 66.7 Å². The van der Waals surface area contributed by atoms with Crippen molar-refractivity contribution in [3.63, 3.8) is 0 Å². The zero-order valence-corrected chi connectivity index (χ0v) is 9.83. The third-order valence-corrected chi connectivity index (χ3v) is 0. The molecule has 0 unspecified atom stereocenters. The van der Waals surface area contributed by atoms with E-state index in [1.807, 2.05) is 0 Å². The summed E-state index contributed by atoms with van der Waals surface area (Å²) in [6, 6.07) is 0. The van der Waals surface area contributed by atoms with E-state index in [1.54, 1.807) is 0 Å². The molecule has 0 heterocycles. The van der Waals surface area contributed by atoms with Crippen LogP contribution in [0.2, 0.25) is 0 Å². The summed E-state index contributed by atoms with van der Waals surface area (Å²) in [5, 5.41) is 0. The maximum absolute atomic E-state index is 8.40. The van der Waals surface area contributed by atoms with Gasteiger partial charge >= 0.3 is 58.1 Å². The average Bonchev–Trinajstić information content (AvgIpc) is 1.78. The van der Waals surface area contributed by atoms with E-state index >= 15 is 0 Å². The molecule has 0 rings (SSSR count). The molecular weight excluding hydrogens is 395 g/mol. The molecule has 7 heavy (non-hydrogen) atoms. The van der Waals surface area contributed by atoms with E-state index in [0.717, 1.165) is 0 Å². The molecule has 2 radical (unpaired) electrons. The van der Waals surface area contributed by atoms with Crippen molar-refractivity contribution in [1.29, 1.82) is 0 Å². The first-order valence-electron chi connectivity index (χ1n) is 0.779. The Hall–Kier alpha value is 0.904. The third-order valence-electron chi connectivity index (χ3n) is 0. The Bertz CT molecular complexity index is 47.7. The van der Waals surface area contributed by atoms with E-state index in [2.05, 4.69) is 0 Å². The fourth-order valence-electron chi connectivity index (χ4n) is 0. The summed E-state index contributed by atoms with van der Waals surface area (Å²) in [4.78, 5) is 0. The number of hydrogen-bond acceptors (Lipinski definition) is 4. The van der Waals surface area contributed by atoms with Crippen LogP contribution >= 0.6 is 0 Å². The fourth-order valence-corrected chi connectivity index (χ4v) is 0. The van der Waals surface area contributed by atoms with E-state index in [4.69, 9.17) is 15.4 Å². The van der Waals surface area contributed by atoms with Crippen molar-refractivity contribution >= 4 is 31.8 Å². The van der Waals surface area contributed by atoms with Gasteiger partial charge in [0, 0.05) is 0 Å². The molecule has 0 saturated carbocycles. The zero-order valence-electron chi connectivity index (χ0n) is 3.04. The first-order chi connectivity index (χ1) is 3.41. The second-order valence-corrected chi connectivity index (χ2v) is 0.250. The summed E-state index contributed by atoms with van der Waals surface area (Å²) in [6.45, 7) is 0. The second kappa shape index (κ2) is 66.4. The summed E-state index contributed by atoms with van der Waals surface area (Å²) in [7, 11) is -1.42. The molecule has 7 heteroatoms. The summed E-state index contributed by atoms with van der Waals surface area (Å²) >= 11 is 0.633. The van der Waals surface area contributed by atoms with Gasteiger partial charge < -0.3 is 0 Å². The van der Waals surface area contributed by atoms with Gasteiger partial charge in [-0.05, 0) is 0 Å². The van der Waals surface area contributed by atoms with Crippen molar-refractivity contribution in [2.45, 2.75) is 0 Å². The first-order valence-corrected chi connectivity index (χ1v) is 3.96. The Balaban J connectivity index is -0.0000000360. The monoisotopic (exact) mass is 396 g/mol. The van der Waals surface area contributed by atoms with Crippen LogP contribution in [0.25, 0.3) is 0 Å². The van der Waals surface area contributed by atoms with Crippen LogP contribution in [-0.4, -0.2) is 31.8 Å². The standard InChI is InChI=1S/O2Si.2O.Sn.W/c1-3-2;;;;. The first kappa shape index (κ1) is 15.7. The van der Waals surface area contributed by atoms with Crippen molar-refractivity contribution < 1.29 is 35.2 Å². The predicted octanol–water partition coefficient (Wildman–Crippen LogP) is -1.24. The zero-order chi connectivity index (χ0) is 6.71. The van der Waals surface area contributed by atoms with Crippen LogP contribution < -0.4 is 0 Å². The Kier molecular flexibility index (Phi) is 149. The van der Waals surface area contributed by atoms with Crippen molar-refractivity contribution in [2.75, 3.05) is 0 Å². The molecule has 0 saturated heterocycles. The summed E-state index contributed by atoms with van der Waals surface area (Å²) in [6.07, 6.45) is 0. The molecule has 0 amide bonds. The molecular formula is O4SiSnW. The Morgan fingerprint density at radius 1 is 1.14 bits per heavy atom. The van der Waals surface area contributed by atoms with Crippen LogP contribution in [0.15, 0.2) is 0 Å². The van der Waals surface area contributed by atoms with Crippen LogP contribution in [0.1, 0.15) is 0 Å². The fraction of sp³-hybridized carbons (Fsp3) is 0. The van der Waals surface area contributed by atoms with Crippen molar-refractivity contribution in [3.8, 4) is 0 Å². The van der Waals surface area contributed by atoms with E-state index in [0.29, 0.717) is 42.3 Å². The molecule has 38 valence electrons. The van der Waals surface area contributed by atoms with Gasteiger partial charge in [-0.2, -0.15) is 0 Å². The topological polar surface area (TPSA) is 68.3 Å². The molecule has 0 aliphatic heterocycles. The quantitative estimate of drug-likeness (QED) is 0.482. The van der Waals surface area contributed by atoms with Crippen LogP contribution in [0.5, 0.6) is 0 Å². The number of rotatable bonds is 0. The van der Waals surface area contributed by atoms with Gasteiger partial charge in [0.2, 0.25) is 0 Å². The van der Waals surface area contributed by atoms with E-state index in [9.17, 15) is 0 Å². The van der Waals surface area contributed by atoms with Gasteiger partial charge in [-0.15, -0.1) is 0 Å². The SMILES string of the molecule is O=[Si]=O.[O]=[Sn].[O]=[W]. The van der Waals surface area contributed by atoms with Gasteiger partial charge in [-0.25, -0.2) is 0 Å². The van der Waals surface area contributed by atoms with Crippen LogP contribution in [0, 0.1) is 0 Å². The third kappa shape index (κ3) is 203. The van der Waals surface area contributed by atoms with Crippen LogP contribution in [0.3, 0.4) is 0 Å². The normalized spacial score (nSPS) is 2.29. The Morgan fingerprint density at radius 2 is 1.14 bits per heavy atom. The van der Waals surface area contributed by atoms with E-state index in [-0.39, 0.29) is 0 Å². The minimum absolute atomic E-state index is 0.300. The molecule has 0 aromatic heterocycles. The Morgan fingerprint density at radius 3 is 1.14 bits per heavy atom. The molecule has 0 bridgehead atoms. The number of hydrogen-bond donors (Lipinski definition) is 0. The van der Waals surface area contributed by atoms with Gasteiger partial charge in [-0.3, -0.25) is 8.92 Å². The molecule has 0 N–H and O–H groups in total. The predicted molar refractivity (Wildman–Crippen MR) is 14.3 cm³/mol. The van der Waals surface area contributed by atoms with Crippen molar-refractivity contribution in [2.24, 2.45) is 0 Å². The molecule has 4 nitrogen and oxygen atoms in total. The van der Waals surface area contributed by atoms with Gasteiger partial charge in [0.1, 0.15) is 0 Å². The van der Waals surface area contributed by atoms with E-state index in [1.165, 1.54) is 0 Å². The van der Waals surface area contributed by atoms with Crippen LogP contribution in [0.4, 0.5) is 0 Å². The second-order valence-electron chi connectivity index (χ2n) is 0.0833. The molecule has 0 aliphatic carbocycles. The summed E-state index contributed by atoms with van der Waals surface area (Å²) in [5.41, 5.74) is 0. The van der Waals surface area contributed by atoms with Gasteiger partial charge in [0.15, 0.2) is 0 Å². The maximum atomic E-state index is 8.40. The van der Waals surface area contributed by atoms with E-state index < -0.39 is 9.29 Å². The molecule has 0 aliphatic rings. The summed E-state index contributed by atoms with van der Waals surface area (Å²) in [5.74, 6) is 0. The summed E-state index contributed by atoms with van der Waals surface area (Å²) < 4.78 is 33.5. The molecule has 0 atom stereocenters. The van der Waals surface area contributed by atoms with Gasteiger partial charge in [-0.1, -0.05) is 0 Å². The molecule has 0 aromatic rings. The minimum atomic E-state index is -1.42. The molecule has 0 spiro atoms. The van der Waals surface area contributed by atoms with Gasteiger partial charge in [0.05, 0.1) is 0 Å². The van der Waals surface area contributed by atoms with Gasteiger partial charge in [0.25, 0.3) is 0 Å².